The van der Waals surface area contributed by atoms with Crippen molar-refractivity contribution in [1.82, 2.24) is 10.2 Å². The molecule has 2 aliphatic rings. The number of rotatable bonds is 5. The maximum Gasteiger partial charge on any atom is 0.0576 e. The van der Waals surface area contributed by atoms with E-state index in [0.29, 0.717) is 18.2 Å². The minimum atomic E-state index is 0.520. The topological polar surface area (TPSA) is 24.5 Å². The Morgan fingerprint density at radius 1 is 1.29 bits per heavy atom. The van der Waals surface area contributed by atoms with Crippen LogP contribution in [0.2, 0.25) is 0 Å². The van der Waals surface area contributed by atoms with Crippen molar-refractivity contribution in [3.8, 4) is 0 Å². The van der Waals surface area contributed by atoms with Gasteiger partial charge in [0.25, 0.3) is 0 Å². The van der Waals surface area contributed by atoms with Crippen molar-refractivity contribution in [2.24, 2.45) is 0 Å². The maximum absolute atomic E-state index is 5.74. The van der Waals surface area contributed by atoms with E-state index >= 15 is 0 Å². The van der Waals surface area contributed by atoms with Crippen LogP contribution in [0.1, 0.15) is 44.2 Å². The monoisotopic (exact) mass is 288 g/mol. The standard InChI is InChI=1S/C18H28N2O/c1-15-14-20(11-5-9-17-10-6-12-21-17)18(13-19-15)16-7-3-2-4-8-16/h2-4,7-8,15,17-19H,5-6,9-14H2,1H3. The Bertz CT molecular complexity index is 416. The smallest absolute Gasteiger partial charge is 0.0576 e. The van der Waals surface area contributed by atoms with Crippen LogP contribution in [0.5, 0.6) is 0 Å². The van der Waals surface area contributed by atoms with E-state index in [1.807, 2.05) is 0 Å². The highest BCUT2D eigenvalue weighted by Gasteiger charge is 2.26. The predicted molar refractivity (Wildman–Crippen MR) is 86.4 cm³/mol. The summed E-state index contributed by atoms with van der Waals surface area (Å²) in [5.41, 5.74) is 1.44. The Kier molecular flexibility index (Phi) is 5.28. The van der Waals surface area contributed by atoms with Crippen molar-refractivity contribution < 1.29 is 4.74 Å². The molecule has 1 aromatic rings. The third-order valence-electron chi connectivity index (χ3n) is 4.79. The van der Waals surface area contributed by atoms with E-state index in [4.69, 9.17) is 4.74 Å². The second-order valence-corrected chi connectivity index (χ2v) is 6.51. The molecule has 2 heterocycles. The third kappa shape index (κ3) is 4.06. The summed E-state index contributed by atoms with van der Waals surface area (Å²) in [6, 6.07) is 12.0. The van der Waals surface area contributed by atoms with Crippen molar-refractivity contribution in [1.29, 1.82) is 0 Å². The molecule has 2 aliphatic heterocycles. The van der Waals surface area contributed by atoms with E-state index in [-0.39, 0.29) is 0 Å². The average molecular weight is 288 g/mol. The van der Waals surface area contributed by atoms with E-state index in [1.54, 1.807) is 0 Å². The normalized spacial score (nSPS) is 30.6. The average Bonchev–Trinajstić information content (AvgIpc) is 3.02. The van der Waals surface area contributed by atoms with Crippen molar-refractivity contribution in [3.63, 3.8) is 0 Å². The number of piperazine rings is 1. The zero-order valence-electron chi connectivity index (χ0n) is 13.1. The molecule has 3 unspecified atom stereocenters. The van der Waals surface area contributed by atoms with Crippen LogP contribution in [0, 0.1) is 0 Å². The minimum absolute atomic E-state index is 0.520. The molecule has 0 aromatic heterocycles. The SMILES string of the molecule is CC1CN(CCCC2CCCO2)C(c2ccccc2)CN1. The van der Waals surface area contributed by atoms with Crippen LogP contribution >= 0.6 is 0 Å². The van der Waals surface area contributed by atoms with Crippen molar-refractivity contribution in [2.75, 3.05) is 26.2 Å². The Hall–Kier alpha value is -0.900. The maximum atomic E-state index is 5.74. The Labute approximate surface area is 128 Å². The van der Waals surface area contributed by atoms with Gasteiger partial charge in [-0.25, -0.2) is 0 Å². The van der Waals surface area contributed by atoms with Gasteiger partial charge in [-0.05, 0) is 44.7 Å². The van der Waals surface area contributed by atoms with Crippen LogP contribution in [0.25, 0.3) is 0 Å². The molecule has 1 N–H and O–H groups in total. The summed E-state index contributed by atoms with van der Waals surface area (Å²) in [5, 5.41) is 3.63. The van der Waals surface area contributed by atoms with E-state index in [9.17, 15) is 0 Å². The summed E-state index contributed by atoms with van der Waals surface area (Å²) in [6.07, 6.45) is 5.52. The Morgan fingerprint density at radius 3 is 2.90 bits per heavy atom. The lowest BCUT2D eigenvalue weighted by Crippen LogP contribution is -2.51. The molecule has 0 aliphatic carbocycles. The second-order valence-electron chi connectivity index (χ2n) is 6.51. The molecule has 0 bridgehead atoms. The van der Waals surface area contributed by atoms with Crippen LogP contribution in [-0.4, -0.2) is 43.3 Å². The van der Waals surface area contributed by atoms with Gasteiger partial charge >= 0.3 is 0 Å². The number of benzene rings is 1. The zero-order valence-corrected chi connectivity index (χ0v) is 13.1. The first-order valence-electron chi connectivity index (χ1n) is 8.47. The first-order valence-corrected chi connectivity index (χ1v) is 8.47. The van der Waals surface area contributed by atoms with E-state index in [1.165, 1.54) is 37.8 Å². The van der Waals surface area contributed by atoms with Crippen LogP contribution in [0.3, 0.4) is 0 Å². The van der Waals surface area contributed by atoms with Crippen LogP contribution in [0.4, 0.5) is 0 Å². The summed E-state index contributed by atoms with van der Waals surface area (Å²) in [4.78, 5) is 2.66. The molecule has 0 spiro atoms. The summed E-state index contributed by atoms with van der Waals surface area (Å²) in [6.45, 7) is 6.65. The Balaban J connectivity index is 1.56. The first kappa shape index (κ1) is 15.0. The lowest BCUT2D eigenvalue weighted by atomic mass is 10.0. The van der Waals surface area contributed by atoms with Crippen LogP contribution in [0.15, 0.2) is 30.3 Å². The minimum Gasteiger partial charge on any atom is -0.378 e. The fraction of sp³-hybridized carbons (Fsp3) is 0.667. The lowest BCUT2D eigenvalue weighted by molar-refractivity contribution is 0.0889. The van der Waals surface area contributed by atoms with E-state index < -0.39 is 0 Å². The molecule has 2 fully saturated rings. The highest BCUT2D eigenvalue weighted by molar-refractivity contribution is 5.20. The van der Waals surface area contributed by atoms with Crippen molar-refractivity contribution >= 4 is 0 Å². The number of hydrogen-bond donors (Lipinski definition) is 1. The molecular weight excluding hydrogens is 260 g/mol. The third-order valence-corrected chi connectivity index (χ3v) is 4.79. The fourth-order valence-electron chi connectivity index (χ4n) is 3.63. The highest BCUT2D eigenvalue weighted by atomic mass is 16.5. The molecule has 3 atom stereocenters. The van der Waals surface area contributed by atoms with Crippen LogP contribution < -0.4 is 5.32 Å². The summed E-state index contributed by atoms with van der Waals surface area (Å²) in [7, 11) is 0. The molecule has 3 heteroatoms. The zero-order chi connectivity index (χ0) is 14.5. The molecule has 0 amide bonds. The largest absolute Gasteiger partial charge is 0.378 e. The fourth-order valence-corrected chi connectivity index (χ4v) is 3.63. The van der Waals surface area contributed by atoms with Gasteiger partial charge in [0, 0.05) is 31.8 Å². The number of ether oxygens (including phenoxy) is 1. The van der Waals surface area contributed by atoms with Gasteiger partial charge in [-0.2, -0.15) is 0 Å². The molecule has 2 saturated heterocycles. The number of hydrogen-bond acceptors (Lipinski definition) is 3. The first-order chi connectivity index (χ1) is 10.3. The quantitative estimate of drug-likeness (QED) is 0.901. The molecule has 0 radical (unpaired) electrons. The molecule has 0 saturated carbocycles. The molecule has 116 valence electrons. The summed E-state index contributed by atoms with van der Waals surface area (Å²) < 4.78 is 5.74. The van der Waals surface area contributed by atoms with Crippen molar-refractivity contribution in [3.05, 3.63) is 35.9 Å². The van der Waals surface area contributed by atoms with Gasteiger partial charge in [0.1, 0.15) is 0 Å². The molecule has 21 heavy (non-hydrogen) atoms. The molecule has 3 nitrogen and oxygen atoms in total. The van der Waals surface area contributed by atoms with Gasteiger partial charge in [0.2, 0.25) is 0 Å². The van der Waals surface area contributed by atoms with Gasteiger partial charge in [0.05, 0.1) is 6.10 Å². The second kappa shape index (κ2) is 7.39. The van der Waals surface area contributed by atoms with Gasteiger partial charge in [-0.1, -0.05) is 30.3 Å². The van der Waals surface area contributed by atoms with E-state index in [2.05, 4.69) is 47.5 Å². The predicted octanol–water partition coefficient (Wildman–Crippen LogP) is 2.98. The summed E-state index contributed by atoms with van der Waals surface area (Å²) in [5.74, 6) is 0. The number of nitrogens with one attached hydrogen (secondary N) is 1. The van der Waals surface area contributed by atoms with Gasteiger partial charge < -0.3 is 10.1 Å². The van der Waals surface area contributed by atoms with E-state index in [0.717, 1.165) is 19.7 Å². The molecule has 3 rings (SSSR count). The highest BCUT2D eigenvalue weighted by Crippen LogP contribution is 2.25. The van der Waals surface area contributed by atoms with Gasteiger partial charge in [-0.3, -0.25) is 4.90 Å². The Morgan fingerprint density at radius 2 is 2.14 bits per heavy atom. The number of nitrogens with zero attached hydrogens (tertiary/aromatic N) is 1. The summed E-state index contributed by atoms with van der Waals surface area (Å²) >= 11 is 0. The van der Waals surface area contributed by atoms with Gasteiger partial charge in [0.15, 0.2) is 0 Å². The van der Waals surface area contributed by atoms with Crippen LogP contribution in [-0.2, 0) is 4.74 Å². The molecule has 1 aromatic carbocycles. The van der Waals surface area contributed by atoms with Crippen molar-refractivity contribution in [2.45, 2.75) is 50.8 Å². The lowest BCUT2D eigenvalue weighted by Gasteiger charge is -2.39. The molecular formula is C18H28N2O. The van der Waals surface area contributed by atoms with Gasteiger partial charge in [-0.15, -0.1) is 0 Å².